The van der Waals surface area contributed by atoms with Crippen molar-refractivity contribution < 1.29 is 23.6 Å². The van der Waals surface area contributed by atoms with Crippen LogP contribution in [0, 0.1) is 13.8 Å². The summed E-state index contributed by atoms with van der Waals surface area (Å²) in [7, 11) is 0. The Labute approximate surface area is 186 Å². The first-order valence-corrected chi connectivity index (χ1v) is 10.4. The highest BCUT2D eigenvalue weighted by Crippen LogP contribution is 2.36. The molecule has 4 rings (SSSR count). The van der Waals surface area contributed by atoms with E-state index >= 15 is 0 Å². The number of hydrogen-bond donors (Lipinski definition) is 1. The van der Waals surface area contributed by atoms with E-state index in [-0.39, 0.29) is 24.8 Å². The second kappa shape index (κ2) is 9.13. The predicted molar refractivity (Wildman–Crippen MR) is 119 cm³/mol. The van der Waals surface area contributed by atoms with Crippen LogP contribution in [0.5, 0.6) is 11.5 Å². The second-order valence-electron chi connectivity index (χ2n) is 7.56. The van der Waals surface area contributed by atoms with Gasteiger partial charge in [-0.3, -0.25) is 9.59 Å². The Morgan fingerprint density at radius 2 is 1.97 bits per heavy atom. The highest BCUT2D eigenvalue weighted by Gasteiger charge is 2.28. The third-order valence-electron chi connectivity index (χ3n) is 5.28. The van der Waals surface area contributed by atoms with Gasteiger partial charge in [0.1, 0.15) is 17.3 Å². The molecule has 0 atom stereocenters. The Kier molecular flexibility index (Phi) is 6.11. The predicted octanol–water partition coefficient (Wildman–Crippen LogP) is 3.80. The maximum absolute atomic E-state index is 12.6. The van der Waals surface area contributed by atoms with Crippen LogP contribution in [0.15, 0.2) is 47.0 Å². The van der Waals surface area contributed by atoms with Gasteiger partial charge >= 0.3 is 0 Å². The summed E-state index contributed by atoms with van der Waals surface area (Å²) in [5, 5.41) is 6.87. The summed E-state index contributed by atoms with van der Waals surface area (Å²) in [5.41, 5.74) is 3.66. The first-order valence-electron chi connectivity index (χ1n) is 10.4. The van der Waals surface area contributed by atoms with Crippen molar-refractivity contribution in [3.63, 3.8) is 0 Å². The zero-order chi connectivity index (χ0) is 22.7. The quantitative estimate of drug-likeness (QED) is 0.607. The minimum atomic E-state index is -0.171. The Balaban J connectivity index is 1.50. The smallest absolute Gasteiger partial charge is 0.265 e. The van der Waals surface area contributed by atoms with E-state index in [4.69, 9.17) is 14.0 Å². The molecule has 1 N–H and O–H groups in total. The van der Waals surface area contributed by atoms with Crippen LogP contribution in [-0.4, -0.2) is 30.2 Å². The molecule has 0 saturated carbocycles. The molecular weight excluding hydrogens is 410 g/mol. The Morgan fingerprint density at radius 1 is 1.19 bits per heavy atom. The van der Waals surface area contributed by atoms with Crippen LogP contribution in [0.4, 0.5) is 11.4 Å². The average molecular weight is 435 g/mol. The van der Waals surface area contributed by atoms with Gasteiger partial charge in [-0.1, -0.05) is 17.3 Å². The molecule has 8 nitrogen and oxygen atoms in total. The van der Waals surface area contributed by atoms with Gasteiger partial charge in [-0.05, 0) is 56.7 Å². The fourth-order valence-electron chi connectivity index (χ4n) is 3.60. The molecule has 1 aliphatic rings. The van der Waals surface area contributed by atoms with Crippen LogP contribution in [0.25, 0.3) is 0 Å². The Bertz CT molecular complexity index is 1120. The van der Waals surface area contributed by atoms with Crippen LogP contribution < -0.4 is 19.7 Å². The summed E-state index contributed by atoms with van der Waals surface area (Å²) in [6.45, 7) is 6.46. The number of ether oxygens (including phenoxy) is 2. The van der Waals surface area contributed by atoms with E-state index in [2.05, 4.69) is 10.5 Å². The number of carbonyl (C=O) groups is 2. The minimum absolute atomic E-state index is 0.0418. The molecule has 1 aromatic heterocycles. The number of fused-ring (bicyclic) bond motifs is 1. The fourth-order valence-corrected chi connectivity index (χ4v) is 3.60. The van der Waals surface area contributed by atoms with Crippen LogP contribution in [-0.2, 0) is 22.6 Å². The van der Waals surface area contributed by atoms with E-state index < -0.39 is 0 Å². The topological polar surface area (TPSA) is 93.9 Å². The molecule has 0 aliphatic carbocycles. The molecule has 2 amide bonds. The van der Waals surface area contributed by atoms with Crippen LogP contribution >= 0.6 is 0 Å². The molecule has 0 fully saturated rings. The van der Waals surface area contributed by atoms with Gasteiger partial charge in [0.05, 0.1) is 31.0 Å². The normalized spacial score (nSPS) is 12.8. The van der Waals surface area contributed by atoms with E-state index in [0.29, 0.717) is 36.0 Å². The van der Waals surface area contributed by atoms with E-state index in [1.807, 2.05) is 45.0 Å². The molecule has 0 radical (unpaired) electrons. The van der Waals surface area contributed by atoms with Gasteiger partial charge in [-0.2, -0.15) is 0 Å². The van der Waals surface area contributed by atoms with Crippen LogP contribution in [0.1, 0.15) is 29.5 Å². The molecule has 0 spiro atoms. The van der Waals surface area contributed by atoms with Crippen molar-refractivity contribution in [2.75, 3.05) is 23.4 Å². The summed E-state index contributed by atoms with van der Waals surface area (Å²) in [6, 6.07) is 12.7. The van der Waals surface area contributed by atoms with Gasteiger partial charge in [0.15, 0.2) is 6.61 Å². The third kappa shape index (κ3) is 4.59. The number of aromatic nitrogens is 1. The van der Waals surface area contributed by atoms with Crippen molar-refractivity contribution >= 4 is 23.2 Å². The largest absolute Gasteiger partial charge is 0.494 e. The van der Waals surface area contributed by atoms with Crippen LogP contribution in [0.3, 0.4) is 0 Å². The molecule has 0 bridgehead atoms. The van der Waals surface area contributed by atoms with Crippen LogP contribution in [0.2, 0.25) is 0 Å². The molecule has 2 heterocycles. The third-order valence-corrected chi connectivity index (χ3v) is 5.28. The minimum Gasteiger partial charge on any atom is -0.494 e. The number of amides is 2. The molecule has 3 aromatic rings. The lowest BCUT2D eigenvalue weighted by Gasteiger charge is -2.29. The summed E-state index contributed by atoms with van der Waals surface area (Å²) >= 11 is 0. The number of rotatable bonds is 7. The van der Waals surface area contributed by atoms with Crippen molar-refractivity contribution in [2.45, 2.75) is 33.7 Å². The van der Waals surface area contributed by atoms with Crippen molar-refractivity contribution in [1.29, 1.82) is 0 Å². The molecular formula is C24H25N3O5. The fraction of sp³-hybridized carbons (Fsp3) is 0.292. The summed E-state index contributed by atoms with van der Waals surface area (Å²) in [5.74, 6) is 1.70. The summed E-state index contributed by atoms with van der Waals surface area (Å²) in [6.07, 6.45) is 0.224. The first-order chi connectivity index (χ1) is 15.4. The van der Waals surface area contributed by atoms with Crippen molar-refractivity contribution in [3.05, 3.63) is 65.0 Å². The van der Waals surface area contributed by atoms with Crippen molar-refractivity contribution in [2.24, 2.45) is 0 Å². The van der Waals surface area contributed by atoms with E-state index in [1.165, 1.54) is 0 Å². The molecule has 2 aromatic carbocycles. The number of benzene rings is 2. The number of hydrogen-bond acceptors (Lipinski definition) is 6. The lowest BCUT2D eigenvalue weighted by Crippen LogP contribution is -2.38. The first kappa shape index (κ1) is 21.4. The lowest BCUT2D eigenvalue weighted by atomic mass is 10.1. The van der Waals surface area contributed by atoms with Gasteiger partial charge < -0.3 is 24.2 Å². The standard InChI is InChI=1S/C24H25N3O5/c1-4-30-19-8-5-17(6-9-19)11-23(28)25-18-7-10-22-21(12-18)27(24(29)14-31-22)13-20-15(2)26-32-16(20)3/h5-10,12H,4,11,13-14H2,1-3H3,(H,25,28). The zero-order valence-corrected chi connectivity index (χ0v) is 18.3. The highest BCUT2D eigenvalue weighted by molar-refractivity contribution is 5.99. The van der Waals surface area contributed by atoms with Crippen molar-refractivity contribution in [1.82, 2.24) is 5.16 Å². The van der Waals surface area contributed by atoms with Crippen molar-refractivity contribution in [3.8, 4) is 11.5 Å². The maximum Gasteiger partial charge on any atom is 0.265 e. The molecule has 166 valence electrons. The average Bonchev–Trinajstić information content (AvgIpc) is 3.09. The highest BCUT2D eigenvalue weighted by atomic mass is 16.5. The second-order valence-corrected chi connectivity index (χ2v) is 7.56. The molecule has 0 saturated heterocycles. The van der Waals surface area contributed by atoms with E-state index in [1.54, 1.807) is 23.1 Å². The van der Waals surface area contributed by atoms with Gasteiger partial charge in [-0.15, -0.1) is 0 Å². The Hall–Kier alpha value is -3.81. The van der Waals surface area contributed by atoms with Gasteiger partial charge in [0, 0.05) is 11.3 Å². The molecule has 1 aliphatic heterocycles. The number of carbonyl (C=O) groups excluding carboxylic acids is 2. The SMILES string of the molecule is CCOc1ccc(CC(=O)Nc2ccc3c(c2)N(Cc2c(C)noc2C)C(=O)CO3)cc1. The molecule has 0 unspecified atom stereocenters. The van der Waals surface area contributed by atoms with Gasteiger partial charge in [0.2, 0.25) is 5.91 Å². The number of aryl methyl sites for hydroxylation is 2. The van der Waals surface area contributed by atoms with E-state index in [0.717, 1.165) is 22.6 Å². The van der Waals surface area contributed by atoms with Gasteiger partial charge in [0.25, 0.3) is 5.91 Å². The molecule has 32 heavy (non-hydrogen) atoms. The molecule has 8 heteroatoms. The zero-order valence-electron chi connectivity index (χ0n) is 18.3. The Morgan fingerprint density at radius 3 is 2.66 bits per heavy atom. The van der Waals surface area contributed by atoms with E-state index in [9.17, 15) is 9.59 Å². The number of nitrogens with one attached hydrogen (secondary N) is 1. The number of nitrogens with zero attached hydrogens (tertiary/aromatic N) is 2. The lowest BCUT2D eigenvalue weighted by molar-refractivity contribution is -0.121. The maximum atomic E-state index is 12.6. The van der Waals surface area contributed by atoms with Gasteiger partial charge in [-0.25, -0.2) is 0 Å². The summed E-state index contributed by atoms with van der Waals surface area (Å²) in [4.78, 5) is 26.8. The number of anilines is 2. The monoisotopic (exact) mass is 435 g/mol. The summed E-state index contributed by atoms with van der Waals surface area (Å²) < 4.78 is 16.2.